The highest BCUT2D eigenvalue weighted by Gasteiger charge is 2.17. The molecule has 0 aliphatic carbocycles. The number of aromatic nitrogens is 1. The summed E-state index contributed by atoms with van der Waals surface area (Å²) in [6.07, 6.45) is 4.72. The number of thiazole rings is 1. The van der Waals surface area contributed by atoms with E-state index in [1.54, 1.807) is 0 Å². The number of anilines is 1. The van der Waals surface area contributed by atoms with Crippen molar-refractivity contribution in [3.63, 3.8) is 0 Å². The van der Waals surface area contributed by atoms with Crippen LogP contribution in [0, 0.1) is 0 Å². The number of rotatable bonds is 4. The van der Waals surface area contributed by atoms with Gasteiger partial charge in [0.15, 0.2) is 4.34 Å². The number of carbonyl (C=O) groups excluding carboxylic acids is 1. The number of nitrogens with two attached hydrogens (primary N) is 1. The van der Waals surface area contributed by atoms with Gasteiger partial charge in [-0.05, 0) is 12.8 Å². The Morgan fingerprint density at radius 1 is 1.17 bits per heavy atom. The summed E-state index contributed by atoms with van der Waals surface area (Å²) in [4.78, 5) is 18.9. The molecule has 2 heterocycles. The number of hydrogen-bond acceptors (Lipinski definition) is 5. The van der Waals surface area contributed by atoms with E-state index in [4.69, 9.17) is 5.73 Å². The zero-order valence-corrected chi connectivity index (χ0v) is 14.7. The van der Waals surface area contributed by atoms with Gasteiger partial charge in [-0.3, -0.25) is 4.79 Å². The van der Waals surface area contributed by atoms with Crippen LogP contribution in [0.4, 0.5) is 5.00 Å². The first-order valence-electron chi connectivity index (χ1n) is 7.96. The van der Waals surface area contributed by atoms with Crippen molar-refractivity contribution in [2.45, 2.75) is 30.0 Å². The van der Waals surface area contributed by atoms with Crippen LogP contribution in [0.2, 0.25) is 0 Å². The van der Waals surface area contributed by atoms with Gasteiger partial charge >= 0.3 is 0 Å². The van der Waals surface area contributed by atoms with Crippen molar-refractivity contribution in [3.05, 3.63) is 30.3 Å². The molecule has 1 aromatic heterocycles. The molecule has 1 fully saturated rings. The summed E-state index contributed by atoms with van der Waals surface area (Å²) in [5, 5.41) is 0.709. The molecule has 1 saturated heterocycles. The summed E-state index contributed by atoms with van der Waals surface area (Å²) in [5.74, 6) is 0.660. The van der Waals surface area contributed by atoms with E-state index in [9.17, 15) is 4.79 Å². The smallest absolute Gasteiger partial charge is 0.233 e. The average Bonchev–Trinajstić information content (AvgIpc) is 2.78. The number of nitrogens with zero attached hydrogens (tertiary/aromatic N) is 2. The second-order valence-corrected chi connectivity index (χ2v) is 7.90. The van der Waals surface area contributed by atoms with E-state index in [2.05, 4.69) is 4.98 Å². The second kappa shape index (κ2) is 7.84. The molecule has 122 valence electrons. The lowest BCUT2D eigenvalue weighted by Crippen LogP contribution is -2.33. The molecule has 0 unspecified atom stereocenters. The third-order valence-electron chi connectivity index (χ3n) is 3.96. The number of hydrogen-bond donors (Lipinski definition) is 1. The molecular weight excluding hydrogens is 326 g/mol. The minimum atomic E-state index is 0.215. The van der Waals surface area contributed by atoms with Crippen LogP contribution in [-0.2, 0) is 4.79 Å². The predicted molar refractivity (Wildman–Crippen MR) is 97.7 cm³/mol. The number of carbonyl (C=O) groups is 1. The number of amides is 1. The van der Waals surface area contributed by atoms with E-state index < -0.39 is 0 Å². The highest BCUT2D eigenvalue weighted by Crippen LogP contribution is 2.35. The van der Waals surface area contributed by atoms with Crippen molar-refractivity contribution in [1.82, 2.24) is 9.88 Å². The van der Waals surface area contributed by atoms with E-state index in [1.165, 1.54) is 35.9 Å². The van der Waals surface area contributed by atoms with Crippen LogP contribution < -0.4 is 5.73 Å². The van der Waals surface area contributed by atoms with Gasteiger partial charge in [-0.15, -0.1) is 0 Å². The number of thioether (sulfide) groups is 1. The fourth-order valence-corrected chi connectivity index (χ4v) is 4.56. The zero-order chi connectivity index (χ0) is 16.1. The molecule has 2 aromatic rings. The lowest BCUT2D eigenvalue weighted by molar-refractivity contribution is -0.128. The first-order chi connectivity index (χ1) is 11.2. The maximum Gasteiger partial charge on any atom is 0.233 e. The first-order valence-corrected chi connectivity index (χ1v) is 9.76. The Balaban J connectivity index is 1.61. The minimum absolute atomic E-state index is 0.215. The molecule has 1 aliphatic heterocycles. The van der Waals surface area contributed by atoms with Gasteiger partial charge in [0, 0.05) is 18.7 Å². The van der Waals surface area contributed by atoms with Gasteiger partial charge in [0.2, 0.25) is 5.91 Å². The molecular formula is C17H21N3OS2. The van der Waals surface area contributed by atoms with Crippen molar-refractivity contribution >= 4 is 34.0 Å². The quantitative estimate of drug-likeness (QED) is 0.853. The number of likely N-dealkylation sites (tertiary alicyclic amines) is 1. The Bertz CT molecular complexity index is 649. The van der Waals surface area contributed by atoms with E-state index in [-0.39, 0.29) is 5.91 Å². The SMILES string of the molecule is Nc1sc(SCC(=O)N2CCCCCC2)nc1-c1ccccc1. The van der Waals surface area contributed by atoms with E-state index in [0.29, 0.717) is 10.8 Å². The van der Waals surface area contributed by atoms with Crippen molar-refractivity contribution < 1.29 is 4.79 Å². The van der Waals surface area contributed by atoms with Crippen molar-refractivity contribution in [3.8, 4) is 11.3 Å². The third kappa shape index (κ3) is 4.26. The Labute approximate surface area is 145 Å². The summed E-state index contributed by atoms with van der Waals surface area (Å²) >= 11 is 2.96. The maximum atomic E-state index is 12.3. The van der Waals surface area contributed by atoms with Gasteiger partial charge in [-0.1, -0.05) is 66.3 Å². The molecule has 1 aliphatic rings. The fourth-order valence-electron chi connectivity index (χ4n) is 2.71. The maximum absolute atomic E-state index is 12.3. The molecule has 0 atom stereocenters. The summed E-state index contributed by atoms with van der Waals surface area (Å²) in [6.45, 7) is 1.79. The molecule has 0 bridgehead atoms. The van der Waals surface area contributed by atoms with E-state index in [0.717, 1.165) is 41.5 Å². The van der Waals surface area contributed by atoms with Crippen LogP contribution in [0.3, 0.4) is 0 Å². The molecule has 4 nitrogen and oxygen atoms in total. The molecule has 6 heteroatoms. The Morgan fingerprint density at radius 3 is 2.57 bits per heavy atom. The normalized spacial score (nSPS) is 15.4. The van der Waals surface area contributed by atoms with Crippen LogP contribution in [0.1, 0.15) is 25.7 Å². The van der Waals surface area contributed by atoms with Crippen LogP contribution in [0.5, 0.6) is 0 Å². The summed E-state index contributed by atoms with van der Waals surface area (Å²) in [6, 6.07) is 9.93. The highest BCUT2D eigenvalue weighted by molar-refractivity contribution is 8.01. The second-order valence-electron chi connectivity index (χ2n) is 5.64. The highest BCUT2D eigenvalue weighted by atomic mass is 32.2. The molecule has 3 rings (SSSR count). The summed E-state index contributed by atoms with van der Waals surface area (Å²) in [7, 11) is 0. The van der Waals surface area contributed by atoms with Gasteiger partial charge in [0.05, 0.1) is 5.75 Å². The molecule has 1 aromatic carbocycles. The Morgan fingerprint density at radius 2 is 1.87 bits per heavy atom. The van der Waals surface area contributed by atoms with Crippen LogP contribution in [0.25, 0.3) is 11.3 Å². The van der Waals surface area contributed by atoms with Crippen LogP contribution in [0.15, 0.2) is 34.7 Å². The van der Waals surface area contributed by atoms with Crippen molar-refractivity contribution in [1.29, 1.82) is 0 Å². The predicted octanol–water partition coefficient (Wildman–Crippen LogP) is 3.89. The van der Waals surface area contributed by atoms with Crippen molar-refractivity contribution in [2.75, 3.05) is 24.6 Å². The first kappa shape index (κ1) is 16.3. The Hall–Kier alpha value is -1.53. The lowest BCUT2D eigenvalue weighted by Gasteiger charge is -2.19. The zero-order valence-electron chi connectivity index (χ0n) is 13.0. The van der Waals surface area contributed by atoms with Gasteiger partial charge in [0.25, 0.3) is 0 Å². The molecule has 2 N–H and O–H groups in total. The third-order valence-corrected chi connectivity index (χ3v) is 5.97. The van der Waals surface area contributed by atoms with Gasteiger partial charge in [-0.2, -0.15) is 0 Å². The Kier molecular flexibility index (Phi) is 5.56. The van der Waals surface area contributed by atoms with E-state index in [1.807, 2.05) is 35.2 Å². The summed E-state index contributed by atoms with van der Waals surface area (Å²) in [5.41, 5.74) is 7.93. The van der Waals surface area contributed by atoms with Crippen molar-refractivity contribution in [2.24, 2.45) is 0 Å². The van der Waals surface area contributed by atoms with Crippen LogP contribution in [-0.4, -0.2) is 34.6 Å². The lowest BCUT2D eigenvalue weighted by atomic mass is 10.2. The number of nitrogen functional groups attached to an aromatic ring is 1. The standard InChI is InChI=1S/C17H21N3OS2/c18-16-15(13-8-4-3-5-9-13)19-17(23-16)22-12-14(21)20-10-6-1-2-7-11-20/h3-5,8-9H,1-2,6-7,10-12,18H2. The molecule has 0 spiro atoms. The topological polar surface area (TPSA) is 59.2 Å². The van der Waals surface area contributed by atoms with Crippen LogP contribution >= 0.6 is 23.1 Å². The summed E-state index contributed by atoms with van der Waals surface area (Å²) < 4.78 is 0.865. The number of benzene rings is 1. The molecule has 1 amide bonds. The van der Waals surface area contributed by atoms with Gasteiger partial charge in [0.1, 0.15) is 10.7 Å². The fraction of sp³-hybridized carbons (Fsp3) is 0.412. The largest absolute Gasteiger partial charge is 0.389 e. The van der Waals surface area contributed by atoms with Gasteiger partial charge < -0.3 is 10.6 Å². The average molecular weight is 348 g/mol. The molecule has 0 saturated carbocycles. The van der Waals surface area contributed by atoms with Gasteiger partial charge in [-0.25, -0.2) is 4.98 Å². The minimum Gasteiger partial charge on any atom is -0.389 e. The molecule has 0 radical (unpaired) electrons. The monoisotopic (exact) mass is 347 g/mol. The van der Waals surface area contributed by atoms with E-state index >= 15 is 0 Å². The molecule has 23 heavy (non-hydrogen) atoms.